The second-order valence-electron chi connectivity index (χ2n) is 8.54. The van der Waals surface area contributed by atoms with Crippen LogP contribution in [0.5, 0.6) is 17.2 Å². The summed E-state index contributed by atoms with van der Waals surface area (Å²) in [6.07, 6.45) is 0.776. The molecule has 1 unspecified atom stereocenters. The van der Waals surface area contributed by atoms with E-state index in [9.17, 15) is 4.79 Å². The highest BCUT2D eigenvalue weighted by molar-refractivity contribution is 5.97. The Morgan fingerprint density at radius 3 is 2.26 bits per heavy atom. The molecule has 0 spiro atoms. The SMILES string of the molecule is COc1cc(C(=O)N2CCc3c([nH]c4ccccc34)C2c2ccc(C)cc2)cc(OC)c1OC. The summed E-state index contributed by atoms with van der Waals surface area (Å²) in [6, 6.07) is 19.9. The number of H-pyrrole nitrogens is 1. The fraction of sp³-hybridized carbons (Fsp3) is 0.250. The van der Waals surface area contributed by atoms with E-state index in [1.54, 1.807) is 33.5 Å². The third-order valence-corrected chi connectivity index (χ3v) is 6.60. The Morgan fingerprint density at radius 2 is 1.62 bits per heavy atom. The van der Waals surface area contributed by atoms with Gasteiger partial charge in [0.2, 0.25) is 5.75 Å². The van der Waals surface area contributed by atoms with Crippen molar-refractivity contribution in [1.82, 2.24) is 9.88 Å². The molecule has 0 bridgehead atoms. The summed E-state index contributed by atoms with van der Waals surface area (Å²) >= 11 is 0. The van der Waals surface area contributed by atoms with Crippen molar-refractivity contribution in [2.45, 2.75) is 19.4 Å². The van der Waals surface area contributed by atoms with Gasteiger partial charge in [-0.25, -0.2) is 0 Å². The number of nitrogens with one attached hydrogen (secondary N) is 1. The predicted octanol–water partition coefficient (Wildman–Crippen LogP) is 5.29. The number of para-hydroxylation sites is 1. The molecule has 6 nitrogen and oxygen atoms in total. The van der Waals surface area contributed by atoms with E-state index in [1.165, 1.54) is 16.5 Å². The first-order chi connectivity index (χ1) is 16.5. The van der Waals surface area contributed by atoms with Crippen LogP contribution in [0, 0.1) is 6.92 Å². The summed E-state index contributed by atoms with van der Waals surface area (Å²) in [5.74, 6) is 1.29. The normalized spacial score (nSPS) is 15.2. The largest absolute Gasteiger partial charge is 0.493 e. The van der Waals surface area contributed by atoms with Crippen molar-refractivity contribution in [2.24, 2.45) is 0 Å². The summed E-state index contributed by atoms with van der Waals surface area (Å²) in [5.41, 5.74) is 6.17. The van der Waals surface area contributed by atoms with Crippen molar-refractivity contribution in [3.05, 3.63) is 88.6 Å². The molecule has 1 aliphatic heterocycles. The smallest absolute Gasteiger partial charge is 0.254 e. The minimum atomic E-state index is -0.233. The van der Waals surface area contributed by atoms with E-state index in [4.69, 9.17) is 14.2 Å². The highest BCUT2D eigenvalue weighted by atomic mass is 16.5. The number of aromatic nitrogens is 1. The third kappa shape index (κ3) is 3.55. The minimum absolute atomic E-state index is 0.0888. The average molecular weight is 457 g/mol. The van der Waals surface area contributed by atoms with Crippen LogP contribution >= 0.6 is 0 Å². The molecule has 3 aromatic carbocycles. The van der Waals surface area contributed by atoms with Gasteiger partial charge in [-0.15, -0.1) is 0 Å². The summed E-state index contributed by atoms with van der Waals surface area (Å²) in [5, 5.41) is 1.22. The number of amides is 1. The van der Waals surface area contributed by atoms with Crippen LogP contribution in [0.25, 0.3) is 10.9 Å². The highest BCUT2D eigenvalue weighted by Gasteiger charge is 2.35. The van der Waals surface area contributed by atoms with E-state index in [2.05, 4.69) is 54.4 Å². The van der Waals surface area contributed by atoms with Gasteiger partial charge < -0.3 is 24.1 Å². The van der Waals surface area contributed by atoms with Crippen LogP contribution in [0.1, 0.15) is 38.8 Å². The number of hydrogen-bond acceptors (Lipinski definition) is 4. The molecule has 174 valence electrons. The lowest BCUT2D eigenvalue weighted by Gasteiger charge is -2.36. The van der Waals surface area contributed by atoms with E-state index in [0.717, 1.165) is 23.2 Å². The summed E-state index contributed by atoms with van der Waals surface area (Å²) in [6.45, 7) is 2.67. The molecule has 1 N–H and O–H groups in total. The molecule has 0 saturated heterocycles. The lowest BCUT2D eigenvalue weighted by atomic mass is 9.91. The van der Waals surface area contributed by atoms with Crippen LogP contribution in [0.2, 0.25) is 0 Å². The van der Waals surface area contributed by atoms with Gasteiger partial charge in [-0.2, -0.15) is 0 Å². The van der Waals surface area contributed by atoms with Crippen molar-refractivity contribution in [1.29, 1.82) is 0 Å². The van der Waals surface area contributed by atoms with Crippen LogP contribution in [0.15, 0.2) is 60.7 Å². The quantitative estimate of drug-likeness (QED) is 0.443. The van der Waals surface area contributed by atoms with Crippen LogP contribution in [-0.4, -0.2) is 43.7 Å². The Labute approximate surface area is 199 Å². The predicted molar refractivity (Wildman–Crippen MR) is 132 cm³/mol. The molecule has 1 amide bonds. The van der Waals surface area contributed by atoms with Crippen LogP contribution in [-0.2, 0) is 6.42 Å². The number of aryl methyl sites for hydroxylation is 1. The Hall–Kier alpha value is -3.93. The average Bonchev–Trinajstić information content (AvgIpc) is 3.26. The molecule has 1 aromatic heterocycles. The van der Waals surface area contributed by atoms with Crippen molar-refractivity contribution < 1.29 is 19.0 Å². The summed E-state index contributed by atoms with van der Waals surface area (Å²) in [7, 11) is 4.66. The molecular weight excluding hydrogens is 428 g/mol. The molecule has 6 heteroatoms. The standard InChI is InChI=1S/C28H28N2O4/c1-17-9-11-18(12-10-17)26-25-21(20-7-5-6-8-22(20)29-25)13-14-30(26)28(31)19-15-23(32-2)27(34-4)24(16-19)33-3/h5-12,15-16,26,29H,13-14H2,1-4H3. The second-order valence-corrected chi connectivity index (χ2v) is 8.54. The Balaban J connectivity index is 1.64. The third-order valence-electron chi connectivity index (χ3n) is 6.60. The second kappa shape index (κ2) is 8.78. The van der Waals surface area contributed by atoms with Crippen LogP contribution in [0.4, 0.5) is 0 Å². The Morgan fingerprint density at radius 1 is 0.941 bits per heavy atom. The molecule has 1 atom stereocenters. The number of hydrogen-bond donors (Lipinski definition) is 1. The van der Waals surface area contributed by atoms with Crippen LogP contribution in [0.3, 0.4) is 0 Å². The van der Waals surface area contributed by atoms with E-state index in [0.29, 0.717) is 29.4 Å². The first kappa shape index (κ1) is 21.9. The lowest BCUT2D eigenvalue weighted by Crippen LogP contribution is -2.40. The molecule has 1 aliphatic rings. The number of aromatic amines is 1. The van der Waals surface area contributed by atoms with Crippen molar-refractivity contribution >= 4 is 16.8 Å². The van der Waals surface area contributed by atoms with Gasteiger partial charge in [0.15, 0.2) is 11.5 Å². The van der Waals surface area contributed by atoms with Crippen LogP contribution < -0.4 is 14.2 Å². The first-order valence-electron chi connectivity index (χ1n) is 11.3. The monoisotopic (exact) mass is 456 g/mol. The van der Waals surface area contributed by atoms with E-state index in [1.807, 2.05) is 11.0 Å². The van der Waals surface area contributed by atoms with Gasteiger partial charge in [-0.3, -0.25) is 4.79 Å². The number of carbonyl (C=O) groups is 1. The highest BCUT2D eigenvalue weighted by Crippen LogP contribution is 2.42. The van der Waals surface area contributed by atoms with Crippen molar-refractivity contribution in [3.8, 4) is 17.2 Å². The van der Waals surface area contributed by atoms with E-state index in [-0.39, 0.29) is 11.9 Å². The first-order valence-corrected chi connectivity index (χ1v) is 11.3. The zero-order valence-corrected chi connectivity index (χ0v) is 19.8. The van der Waals surface area contributed by atoms with E-state index >= 15 is 0 Å². The number of rotatable bonds is 5. The molecule has 0 aliphatic carbocycles. The Kier molecular flexibility index (Phi) is 5.65. The number of methoxy groups -OCH3 is 3. The molecule has 5 rings (SSSR count). The van der Waals surface area contributed by atoms with Crippen molar-refractivity contribution in [3.63, 3.8) is 0 Å². The maximum atomic E-state index is 14.0. The molecule has 0 radical (unpaired) electrons. The maximum Gasteiger partial charge on any atom is 0.254 e. The molecule has 0 saturated carbocycles. The van der Waals surface area contributed by atoms with Gasteiger partial charge in [0, 0.05) is 28.7 Å². The van der Waals surface area contributed by atoms with Gasteiger partial charge >= 0.3 is 0 Å². The number of ether oxygens (including phenoxy) is 3. The number of nitrogens with zero attached hydrogens (tertiary/aromatic N) is 1. The van der Waals surface area contributed by atoms with Crippen molar-refractivity contribution in [2.75, 3.05) is 27.9 Å². The number of carbonyl (C=O) groups excluding carboxylic acids is 1. The topological polar surface area (TPSA) is 63.8 Å². The maximum absolute atomic E-state index is 14.0. The fourth-order valence-corrected chi connectivity index (χ4v) is 4.93. The van der Waals surface area contributed by atoms with Gasteiger partial charge in [0.05, 0.1) is 27.4 Å². The van der Waals surface area contributed by atoms with Gasteiger partial charge in [-0.05, 0) is 42.7 Å². The molecule has 2 heterocycles. The van der Waals surface area contributed by atoms with Gasteiger partial charge in [0.25, 0.3) is 5.91 Å². The zero-order valence-electron chi connectivity index (χ0n) is 19.8. The molecule has 0 fully saturated rings. The Bertz CT molecular complexity index is 1330. The number of benzene rings is 3. The lowest BCUT2D eigenvalue weighted by molar-refractivity contribution is 0.0691. The van der Waals surface area contributed by atoms with Gasteiger partial charge in [-0.1, -0.05) is 48.0 Å². The molecule has 34 heavy (non-hydrogen) atoms. The molecule has 4 aromatic rings. The molecular formula is C28H28N2O4. The van der Waals surface area contributed by atoms with Gasteiger partial charge in [0.1, 0.15) is 0 Å². The minimum Gasteiger partial charge on any atom is -0.493 e. The fourth-order valence-electron chi connectivity index (χ4n) is 4.93. The zero-order chi connectivity index (χ0) is 23.8. The summed E-state index contributed by atoms with van der Waals surface area (Å²) < 4.78 is 16.4. The summed E-state index contributed by atoms with van der Waals surface area (Å²) in [4.78, 5) is 19.5. The number of fused-ring (bicyclic) bond motifs is 3. The van der Waals surface area contributed by atoms with E-state index < -0.39 is 0 Å².